The summed E-state index contributed by atoms with van der Waals surface area (Å²) in [6, 6.07) is 15.0. The van der Waals surface area contributed by atoms with Gasteiger partial charge >= 0.3 is 6.09 Å². The number of carbonyl (C=O) groups excluding carboxylic acids is 2. The zero-order valence-corrected chi connectivity index (χ0v) is 16.1. The van der Waals surface area contributed by atoms with Crippen LogP contribution in [0.3, 0.4) is 0 Å². The molecule has 0 radical (unpaired) electrons. The maximum Gasteiger partial charge on any atom is 0.407 e. The number of alkyl carbamates (subject to hydrolysis) is 1. The molecule has 0 heterocycles. The molecule has 3 rings (SSSR count). The van der Waals surface area contributed by atoms with Crippen molar-refractivity contribution < 1.29 is 24.5 Å². The van der Waals surface area contributed by atoms with Gasteiger partial charge in [-0.05, 0) is 35.1 Å². The number of aliphatic hydroxyl groups excluding tert-OH is 2. The summed E-state index contributed by atoms with van der Waals surface area (Å²) in [5.74, 6) is -0.563. The molecule has 1 aliphatic carbocycles. The first kappa shape index (κ1) is 20.8. The fraction of sp³-hybridized carbons (Fsp3) is 0.364. The molecule has 0 fully saturated rings. The van der Waals surface area contributed by atoms with Crippen molar-refractivity contribution in [2.24, 2.45) is 0 Å². The third-order valence-electron chi connectivity index (χ3n) is 5.02. The van der Waals surface area contributed by atoms with Crippen molar-refractivity contribution in [2.75, 3.05) is 26.4 Å². The monoisotopic (exact) mass is 398 g/mol. The lowest BCUT2D eigenvalue weighted by Crippen LogP contribution is -2.49. The third kappa shape index (κ3) is 4.93. The van der Waals surface area contributed by atoms with E-state index in [0.29, 0.717) is 19.4 Å². The predicted molar refractivity (Wildman–Crippen MR) is 108 cm³/mol. The summed E-state index contributed by atoms with van der Waals surface area (Å²) in [5, 5.41) is 23.2. The standard InChI is InChI=1S/C22H26N2O5/c25-12-6-5-11-23-21(27)20(13-26)24-22(28)29-14-19-17-9-3-1-7-15(17)16-8-2-4-10-18(16)19/h1-4,7-10,19-20,25-26H,5-6,11-14H2,(H,23,27)(H,24,28)/t20-/m0/s1. The summed E-state index contributed by atoms with van der Waals surface area (Å²) in [4.78, 5) is 24.3. The van der Waals surface area contributed by atoms with Crippen molar-refractivity contribution in [3.63, 3.8) is 0 Å². The van der Waals surface area contributed by atoms with E-state index in [1.807, 2.05) is 36.4 Å². The molecule has 2 aromatic rings. The van der Waals surface area contributed by atoms with Crippen molar-refractivity contribution in [3.8, 4) is 11.1 Å². The number of hydrogen-bond donors (Lipinski definition) is 4. The van der Waals surface area contributed by atoms with Crippen LogP contribution in [0.4, 0.5) is 4.79 Å². The highest BCUT2D eigenvalue weighted by Crippen LogP contribution is 2.44. The Balaban J connectivity index is 1.57. The molecular formula is C22H26N2O5. The summed E-state index contributed by atoms with van der Waals surface area (Å²) in [6.45, 7) is 0.0196. The molecule has 7 heteroatoms. The molecule has 2 aromatic carbocycles. The molecule has 154 valence electrons. The highest BCUT2D eigenvalue weighted by molar-refractivity contribution is 5.85. The Hall–Kier alpha value is -2.90. The van der Waals surface area contributed by atoms with Crippen molar-refractivity contribution in [1.82, 2.24) is 10.6 Å². The second kappa shape index (κ2) is 10.0. The number of benzene rings is 2. The van der Waals surface area contributed by atoms with Gasteiger partial charge in [-0.2, -0.15) is 0 Å². The molecule has 0 bridgehead atoms. The van der Waals surface area contributed by atoms with Crippen molar-refractivity contribution in [1.29, 1.82) is 0 Å². The maximum atomic E-state index is 12.2. The minimum absolute atomic E-state index is 0.0529. The van der Waals surface area contributed by atoms with Crippen LogP contribution in [-0.2, 0) is 9.53 Å². The molecule has 4 N–H and O–H groups in total. The van der Waals surface area contributed by atoms with Gasteiger partial charge in [-0.1, -0.05) is 48.5 Å². The highest BCUT2D eigenvalue weighted by Gasteiger charge is 2.29. The fourth-order valence-electron chi connectivity index (χ4n) is 3.55. The van der Waals surface area contributed by atoms with Gasteiger partial charge in [0.1, 0.15) is 12.6 Å². The van der Waals surface area contributed by atoms with Crippen LogP contribution in [0.5, 0.6) is 0 Å². The first-order chi connectivity index (χ1) is 14.2. The number of amides is 2. The van der Waals surface area contributed by atoms with Crippen LogP contribution >= 0.6 is 0 Å². The number of rotatable bonds is 9. The van der Waals surface area contributed by atoms with E-state index < -0.39 is 24.6 Å². The number of aliphatic hydroxyl groups is 2. The van der Waals surface area contributed by atoms with Gasteiger partial charge in [0.15, 0.2) is 0 Å². The third-order valence-corrected chi connectivity index (χ3v) is 5.02. The normalized spacial score (nSPS) is 13.3. The summed E-state index contributed by atoms with van der Waals surface area (Å²) >= 11 is 0. The lowest BCUT2D eigenvalue weighted by Gasteiger charge is -2.18. The van der Waals surface area contributed by atoms with E-state index >= 15 is 0 Å². The lowest BCUT2D eigenvalue weighted by atomic mass is 9.98. The van der Waals surface area contributed by atoms with E-state index in [9.17, 15) is 14.7 Å². The van der Waals surface area contributed by atoms with Crippen LogP contribution in [0, 0.1) is 0 Å². The maximum absolute atomic E-state index is 12.2. The lowest BCUT2D eigenvalue weighted by molar-refractivity contribution is -0.123. The van der Waals surface area contributed by atoms with Crippen molar-refractivity contribution >= 4 is 12.0 Å². The van der Waals surface area contributed by atoms with Gasteiger partial charge in [0.25, 0.3) is 0 Å². The van der Waals surface area contributed by atoms with Crippen molar-refractivity contribution in [3.05, 3.63) is 59.7 Å². The first-order valence-corrected chi connectivity index (χ1v) is 9.76. The van der Waals surface area contributed by atoms with E-state index in [1.165, 1.54) is 0 Å². The van der Waals surface area contributed by atoms with Crippen LogP contribution in [0.15, 0.2) is 48.5 Å². The van der Waals surface area contributed by atoms with E-state index in [4.69, 9.17) is 9.84 Å². The molecule has 29 heavy (non-hydrogen) atoms. The van der Waals surface area contributed by atoms with Gasteiger partial charge in [-0.3, -0.25) is 4.79 Å². The Morgan fingerprint density at radius 3 is 2.17 bits per heavy atom. The molecule has 1 atom stereocenters. The molecule has 7 nitrogen and oxygen atoms in total. The van der Waals surface area contributed by atoms with Gasteiger partial charge in [0, 0.05) is 19.1 Å². The summed E-state index contributed by atoms with van der Waals surface area (Å²) < 4.78 is 5.39. The second-order valence-corrected chi connectivity index (χ2v) is 6.93. The quantitative estimate of drug-likeness (QED) is 0.482. The molecule has 0 aromatic heterocycles. The first-order valence-electron chi connectivity index (χ1n) is 9.76. The molecule has 2 amide bonds. The minimum atomic E-state index is -1.08. The zero-order valence-electron chi connectivity index (χ0n) is 16.1. The molecule has 0 spiro atoms. The number of unbranched alkanes of at least 4 members (excludes halogenated alkanes) is 1. The summed E-state index contributed by atoms with van der Waals surface area (Å²) in [5.41, 5.74) is 4.46. The van der Waals surface area contributed by atoms with Crippen LogP contribution < -0.4 is 10.6 Å². The van der Waals surface area contributed by atoms with Gasteiger partial charge in [-0.25, -0.2) is 4.79 Å². The van der Waals surface area contributed by atoms with E-state index in [1.54, 1.807) is 0 Å². The minimum Gasteiger partial charge on any atom is -0.449 e. The Labute approximate surface area is 169 Å². The highest BCUT2D eigenvalue weighted by atomic mass is 16.5. The fourth-order valence-corrected chi connectivity index (χ4v) is 3.55. The number of ether oxygens (including phenoxy) is 1. The SMILES string of the molecule is O=C(N[C@@H](CO)C(=O)NCCCCO)OCC1c2ccccc2-c2ccccc21. The van der Waals surface area contributed by atoms with Gasteiger partial charge in [0.05, 0.1) is 6.61 Å². The smallest absolute Gasteiger partial charge is 0.407 e. The zero-order chi connectivity index (χ0) is 20.6. The molecular weight excluding hydrogens is 372 g/mol. The molecule has 0 saturated heterocycles. The Kier molecular flexibility index (Phi) is 7.21. The van der Waals surface area contributed by atoms with Crippen LogP contribution in [0.2, 0.25) is 0 Å². The average Bonchev–Trinajstić information content (AvgIpc) is 3.07. The van der Waals surface area contributed by atoms with Gasteiger partial charge in [0.2, 0.25) is 5.91 Å². The average molecular weight is 398 g/mol. The predicted octanol–water partition coefficient (Wildman–Crippen LogP) is 1.77. The Bertz CT molecular complexity index is 809. The van der Waals surface area contributed by atoms with E-state index in [0.717, 1.165) is 22.3 Å². The molecule has 0 unspecified atom stereocenters. The van der Waals surface area contributed by atoms with Gasteiger partial charge in [-0.15, -0.1) is 0 Å². The number of carbonyl (C=O) groups is 2. The Morgan fingerprint density at radius 2 is 1.59 bits per heavy atom. The van der Waals surface area contributed by atoms with Crippen molar-refractivity contribution in [2.45, 2.75) is 24.8 Å². The van der Waals surface area contributed by atoms with Crippen LogP contribution in [-0.4, -0.2) is 54.6 Å². The topological polar surface area (TPSA) is 108 Å². The molecule has 0 aliphatic heterocycles. The number of nitrogens with one attached hydrogen (secondary N) is 2. The van der Waals surface area contributed by atoms with E-state index in [-0.39, 0.29) is 19.1 Å². The largest absolute Gasteiger partial charge is 0.449 e. The Morgan fingerprint density at radius 1 is 0.966 bits per heavy atom. The summed E-state index contributed by atoms with van der Waals surface area (Å²) in [6.07, 6.45) is 0.436. The summed E-state index contributed by atoms with van der Waals surface area (Å²) in [7, 11) is 0. The van der Waals surface area contributed by atoms with Crippen LogP contribution in [0.25, 0.3) is 11.1 Å². The molecule has 1 aliphatic rings. The second-order valence-electron chi connectivity index (χ2n) is 6.93. The van der Waals surface area contributed by atoms with Crippen LogP contribution in [0.1, 0.15) is 29.9 Å². The molecule has 0 saturated carbocycles. The van der Waals surface area contributed by atoms with Gasteiger partial charge < -0.3 is 25.6 Å². The van der Waals surface area contributed by atoms with E-state index in [2.05, 4.69) is 22.8 Å². The number of hydrogen-bond acceptors (Lipinski definition) is 5. The number of fused-ring (bicyclic) bond motifs is 3.